The molecule has 0 heterocycles. The molecule has 19 heavy (non-hydrogen) atoms. The van der Waals surface area contributed by atoms with Gasteiger partial charge in [-0.05, 0) is 32.9 Å². The van der Waals surface area contributed by atoms with Crippen LogP contribution in [0.25, 0.3) is 0 Å². The number of hydrogen-bond acceptors (Lipinski definition) is 3. The highest BCUT2D eigenvalue weighted by Gasteiger charge is 2.18. The molecule has 0 bridgehead atoms. The van der Waals surface area contributed by atoms with E-state index in [4.69, 9.17) is 4.74 Å². The van der Waals surface area contributed by atoms with Gasteiger partial charge in [0.05, 0.1) is 12.1 Å². The van der Waals surface area contributed by atoms with Crippen molar-refractivity contribution in [3.63, 3.8) is 0 Å². The number of carbonyl (C=O) groups excluding carboxylic acids is 2. The Hall–Kier alpha value is -2.04. The van der Waals surface area contributed by atoms with Crippen molar-refractivity contribution < 1.29 is 14.3 Å². The fourth-order valence-electron chi connectivity index (χ4n) is 1.42. The molecule has 1 rings (SSSR count). The van der Waals surface area contributed by atoms with Gasteiger partial charge in [0, 0.05) is 7.05 Å². The minimum Gasteiger partial charge on any atom is -0.487 e. The van der Waals surface area contributed by atoms with E-state index < -0.39 is 5.60 Å². The van der Waals surface area contributed by atoms with Crippen molar-refractivity contribution in [1.82, 2.24) is 10.6 Å². The molecule has 0 unspecified atom stereocenters. The first-order valence-electron chi connectivity index (χ1n) is 6.10. The molecule has 2 N–H and O–H groups in total. The number of likely N-dealkylation sites (N-methyl/N-ethyl adjacent to an activating group) is 1. The van der Waals surface area contributed by atoms with E-state index in [9.17, 15) is 9.59 Å². The first kappa shape index (κ1) is 15.0. The lowest BCUT2D eigenvalue weighted by atomic mass is 10.1. The summed E-state index contributed by atoms with van der Waals surface area (Å²) in [6, 6.07) is 6.96. The number of amides is 2. The van der Waals surface area contributed by atoms with Crippen LogP contribution < -0.4 is 15.4 Å². The Morgan fingerprint density at radius 1 is 1.21 bits per heavy atom. The van der Waals surface area contributed by atoms with Crippen molar-refractivity contribution in [1.29, 1.82) is 0 Å². The Balaban J connectivity index is 2.82. The van der Waals surface area contributed by atoms with Crippen molar-refractivity contribution in [2.75, 3.05) is 13.6 Å². The van der Waals surface area contributed by atoms with Crippen LogP contribution in [0.4, 0.5) is 0 Å². The van der Waals surface area contributed by atoms with Crippen LogP contribution in [-0.2, 0) is 4.79 Å². The second-order valence-electron chi connectivity index (χ2n) is 5.07. The van der Waals surface area contributed by atoms with Gasteiger partial charge in [0.1, 0.15) is 11.4 Å². The summed E-state index contributed by atoms with van der Waals surface area (Å²) < 4.78 is 5.73. The van der Waals surface area contributed by atoms with Crippen molar-refractivity contribution in [3.8, 4) is 5.75 Å². The quantitative estimate of drug-likeness (QED) is 0.862. The van der Waals surface area contributed by atoms with Gasteiger partial charge in [0.15, 0.2) is 0 Å². The highest BCUT2D eigenvalue weighted by Crippen LogP contribution is 2.22. The lowest BCUT2D eigenvalue weighted by Gasteiger charge is -2.22. The molecule has 5 heteroatoms. The molecule has 0 aliphatic heterocycles. The van der Waals surface area contributed by atoms with Gasteiger partial charge in [0.25, 0.3) is 5.91 Å². The molecule has 5 nitrogen and oxygen atoms in total. The highest BCUT2D eigenvalue weighted by molar-refractivity contribution is 5.98. The third-order valence-corrected chi connectivity index (χ3v) is 2.24. The maximum Gasteiger partial charge on any atom is 0.255 e. The molecule has 0 aromatic heterocycles. The molecule has 0 saturated carbocycles. The lowest BCUT2D eigenvalue weighted by molar-refractivity contribution is -0.119. The molecule has 0 saturated heterocycles. The second kappa shape index (κ2) is 6.22. The predicted molar refractivity (Wildman–Crippen MR) is 73.2 cm³/mol. The van der Waals surface area contributed by atoms with Crippen LogP contribution in [0.2, 0.25) is 0 Å². The second-order valence-corrected chi connectivity index (χ2v) is 5.07. The van der Waals surface area contributed by atoms with E-state index in [1.165, 1.54) is 7.05 Å². The maximum atomic E-state index is 12.0. The van der Waals surface area contributed by atoms with Gasteiger partial charge in [-0.1, -0.05) is 12.1 Å². The Kier molecular flexibility index (Phi) is 4.92. The van der Waals surface area contributed by atoms with Crippen LogP contribution in [0.15, 0.2) is 24.3 Å². The summed E-state index contributed by atoms with van der Waals surface area (Å²) in [5, 5.41) is 4.98. The number of ether oxygens (including phenoxy) is 1. The van der Waals surface area contributed by atoms with E-state index in [0.29, 0.717) is 11.3 Å². The largest absolute Gasteiger partial charge is 0.487 e. The summed E-state index contributed by atoms with van der Waals surface area (Å²) in [6.45, 7) is 5.67. The molecule has 0 aliphatic rings. The summed E-state index contributed by atoms with van der Waals surface area (Å²) >= 11 is 0. The van der Waals surface area contributed by atoms with Crippen molar-refractivity contribution in [2.24, 2.45) is 0 Å². The molecule has 0 spiro atoms. The number of para-hydroxylation sites is 1. The van der Waals surface area contributed by atoms with Gasteiger partial charge in [-0.2, -0.15) is 0 Å². The molecule has 2 amide bonds. The summed E-state index contributed by atoms with van der Waals surface area (Å²) in [5.74, 6) is -0.0737. The van der Waals surface area contributed by atoms with Crippen LogP contribution in [0.5, 0.6) is 5.75 Å². The first-order valence-corrected chi connectivity index (χ1v) is 6.10. The topological polar surface area (TPSA) is 67.4 Å². The van der Waals surface area contributed by atoms with Crippen LogP contribution in [0.1, 0.15) is 31.1 Å². The first-order chi connectivity index (χ1) is 8.83. The Labute approximate surface area is 113 Å². The Morgan fingerprint density at radius 3 is 2.42 bits per heavy atom. The van der Waals surface area contributed by atoms with Gasteiger partial charge in [0.2, 0.25) is 5.91 Å². The molecule has 0 fully saturated rings. The van der Waals surface area contributed by atoms with Gasteiger partial charge >= 0.3 is 0 Å². The molecular formula is C14H20N2O3. The van der Waals surface area contributed by atoms with Gasteiger partial charge in [-0.3, -0.25) is 9.59 Å². The molecule has 0 aliphatic carbocycles. The van der Waals surface area contributed by atoms with E-state index in [0.717, 1.165) is 0 Å². The maximum absolute atomic E-state index is 12.0. The number of nitrogens with one attached hydrogen (secondary N) is 2. The normalized spacial score (nSPS) is 10.7. The van der Waals surface area contributed by atoms with E-state index in [2.05, 4.69) is 10.6 Å². The van der Waals surface area contributed by atoms with E-state index in [1.54, 1.807) is 24.3 Å². The Morgan fingerprint density at radius 2 is 1.84 bits per heavy atom. The summed E-state index contributed by atoms with van der Waals surface area (Å²) in [5.41, 5.74) is 0.0262. The molecule has 0 atom stereocenters. The van der Waals surface area contributed by atoms with E-state index >= 15 is 0 Å². The lowest BCUT2D eigenvalue weighted by Crippen LogP contribution is -2.35. The number of rotatable bonds is 4. The predicted octanol–water partition coefficient (Wildman–Crippen LogP) is 1.34. The smallest absolute Gasteiger partial charge is 0.255 e. The zero-order valence-electron chi connectivity index (χ0n) is 11.7. The number of hydrogen-bond donors (Lipinski definition) is 2. The third kappa shape index (κ3) is 4.99. The van der Waals surface area contributed by atoms with Gasteiger partial charge < -0.3 is 15.4 Å². The molecule has 1 aromatic carbocycles. The summed E-state index contributed by atoms with van der Waals surface area (Å²) in [7, 11) is 1.52. The molecule has 1 aromatic rings. The zero-order chi connectivity index (χ0) is 14.5. The SMILES string of the molecule is CNC(=O)CNC(=O)c1ccccc1OC(C)(C)C. The minimum absolute atomic E-state index is 0.0564. The minimum atomic E-state index is -0.392. The molecule has 0 radical (unpaired) electrons. The molecular weight excluding hydrogens is 244 g/mol. The van der Waals surface area contributed by atoms with Crippen molar-refractivity contribution in [2.45, 2.75) is 26.4 Å². The van der Waals surface area contributed by atoms with Gasteiger partial charge in [-0.25, -0.2) is 0 Å². The van der Waals surface area contributed by atoms with Crippen LogP contribution >= 0.6 is 0 Å². The average molecular weight is 264 g/mol. The zero-order valence-corrected chi connectivity index (χ0v) is 11.7. The number of carbonyl (C=O) groups is 2. The van der Waals surface area contributed by atoms with Crippen LogP contribution in [0.3, 0.4) is 0 Å². The van der Waals surface area contributed by atoms with Gasteiger partial charge in [-0.15, -0.1) is 0 Å². The average Bonchev–Trinajstić information content (AvgIpc) is 2.34. The standard InChI is InChI=1S/C14H20N2O3/c1-14(2,3)19-11-8-6-5-7-10(11)13(18)16-9-12(17)15-4/h5-8H,9H2,1-4H3,(H,15,17)(H,16,18). The third-order valence-electron chi connectivity index (χ3n) is 2.24. The van der Waals surface area contributed by atoms with Crippen LogP contribution in [0, 0.1) is 0 Å². The summed E-state index contributed by atoms with van der Waals surface area (Å²) in [6.07, 6.45) is 0. The monoisotopic (exact) mass is 264 g/mol. The fraction of sp³-hybridized carbons (Fsp3) is 0.429. The van der Waals surface area contributed by atoms with E-state index in [-0.39, 0.29) is 18.4 Å². The van der Waals surface area contributed by atoms with Crippen molar-refractivity contribution in [3.05, 3.63) is 29.8 Å². The number of benzene rings is 1. The van der Waals surface area contributed by atoms with Crippen molar-refractivity contribution >= 4 is 11.8 Å². The van der Waals surface area contributed by atoms with E-state index in [1.807, 2.05) is 20.8 Å². The highest BCUT2D eigenvalue weighted by atomic mass is 16.5. The Bertz CT molecular complexity index is 464. The van der Waals surface area contributed by atoms with Crippen LogP contribution in [-0.4, -0.2) is 31.0 Å². The summed E-state index contributed by atoms with van der Waals surface area (Å²) in [4.78, 5) is 23.1. The fourth-order valence-corrected chi connectivity index (χ4v) is 1.42. The molecule has 104 valence electrons.